The van der Waals surface area contributed by atoms with Gasteiger partial charge >= 0.3 is 6.18 Å². The molecule has 0 radical (unpaired) electrons. The van der Waals surface area contributed by atoms with Crippen LogP contribution < -0.4 is 10.6 Å². The number of amides is 1. The normalized spacial score (nSPS) is 40.9. The molecule has 3 heterocycles. The van der Waals surface area contributed by atoms with Crippen molar-refractivity contribution in [2.75, 3.05) is 6.54 Å². The van der Waals surface area contributed by atoms with Gasteiger partial charge in [-0.15, -0.1) is 0 Å². The molecule has 3 rings (SSSR count). The summed E-state index contributed by atoms with van der Waals surface area (Å²) in [6.45, 7) is -0.172. The fraction of sp³-hybridized carbons (Fsp3) is 0.923. The molecule has 20 heavy (non-hydrogen) atoms. The molecule has 3 aliphatic heterocycles. The molecule has 0 spiro atoms. The summed E-state index contributed by atoms with van der Waals surface area (Å²) in [6, 6.07) is -0.476. The van der Waals surface area contributed by atoms with Crippen molar-refractivity contribution in [2.45, 2.75) is 62.6 Å². The van der Waals surface area contributed by atoms with E-state index in [4.69, 9.17) is 4.74 Å². The number of nitrogens with one attached hydrogen (secondary N) is 2. The highest BCUT2D eigenvalue weighted by Crippen LogP contribution is 2.35. The highest BCUT2D eigenvalue weighted by atomic mass is 19.4. The van der Waals surface area contributed by atoms with Crippen LogP contribution in [0.4, 0.5) is 13.2 Å². The Kier molecular flexibility index (Phi) is 3.66. The third-order valence-electron chi connectivity index (χ3n) is 4.63. The van der Waals surface area contributed by atoms with Crippen LogP contribution in [0.15, 0.2) is 0 Å². The zero-order valence-corrected chi connectivity index (χ0v) is 11.1. The summed E-state index contributed by atoms with van der Waals surface area (Å²) in [4.78, 5) is 12.1. The molecule has 1 amide bonds. The Hall–Kier alpha value is -0.820. The predicted octanol–water partition coefficient (Wildman–Crippen LogP) is 1.35. The molecule has 4 nitrogen and oxygen atoms in total. The zero-order chi connectivity index (χ0) is 14.3. The number of hydrogen-bond donors (Lipinski definition) is 2. The summed E-state index contributed by atoms with van der Waals surface area (Å²) in [5.74, 6) is -1.52. The molecule has 3 fully saturated rings. The number of carbonyl (C=O) groups excluding carboxylic acids is 1. The van der Waals surface area contributed by atoms with Crippen LogP contribution in [-0.4, -0.2) is 42.9 Å². The molecular formula is C13H19F3N2O2. The molecule has 0 saturated carbocycles. The third-order valence-corrected chi connectivity index (χ3v) is 4.63. The smallest absolute Gasteiger partial charge is 0.373 e. The van der Waals surface area contributed by atoms with Crippen molar-refractivity contribution in [1.29, 1.82) is 0 Å². The number of ether oxygens (including phenoxy) is 1. The van der Waals surface area contributed by atoms with E-state index in [9.17, 15) is 18.0 Å². The maximum absolute atomic E-state index is 12.5. The van der Waals surface area contributed by atoms with Crippen molar-refractivity contribution < 1.29 is 22.7 Å². The third kappa shape index (κ3) is 2.79. The second kappa shape index (κ2) is 5.18. The van der Waals surface area contributed by atoms with Crippen molar-refractivity contribution in [3.8, 4) is 0 Å². The van der Waals surface area contributed by atoms with E-state index in [1.807, 2.05) is 0 Å². The van der Waals surface area contributed by atoms with E-state index in [0.717, 1.165) is 19.3 Å². The minimum absolute atomic E-state index is 0.0157. The van der Waals surface area contributed by atoms with Crippen LogP contribution in [0.3, 0.4) is 0 Å². The Morgan fingerprint density at radius 2 is 2.00 bits per heavy atom. The van der Waals surface area contributed by atoms with Gasteiger partial charge in [0.05, 0.1) is 30.2 Å². The number of fused-ring (bicyclic) bond motifs is 2. The Labute approximate surface area is 115 Å². The Balaban J connectivity index is 1.47. The molecule has 0 aliphatic carbocycles. The summed E-state index contributed by atoms with van der Waals surface area (Å²) in [5.41, 5.74) is 0. The second-order valence-corrected chi connectivity index (χ2v) is 6.00. The van der Waals surface area contributed by atoms with Crippen LogP contribution in [0.25, 0.3) is 0 Å². The number of hydrogen-bond acceptors (Lipinski definition) is 3. The lowest BCUT2D eigenvalue weighted by Crippen LogP contribution is -2.54. The number of alkyl halides is 3. The molecule has 0 aromatic heterocycles. The second-order valence-electron chi connectivity index (χ2n) is 6.00. The highest BCUT2D eigenvalue weighted by Gasteiger charge is 2.44. The molecule has 2 bridgehead atoms. The molecule has 7 heteroatoms. The first kappa shape index (κ1) is 14.1. The van der Waals surface area contributed by atoms with Gasteiger partial charge in [-0.25, -0.2) is 0 Å². The average Bonchev–Trinajstić information content (AvgIpc) is 3.00. The number of piperidine rings is 1. The number of carbonyl (C=O) groups is 1. The Morgan fingerprint density at radius 1 is 1.20 bits per heavy atom. The monoisotopic (exact) mass is 292 g/mol. The average molecular weight is 292 g/mol. The van der Waals surface area contributed by atoms with Crippen molar-refractivity contribution in [1.82, 2.24) is 10.6 Å². The standard InChI is InChI=1S/C13H19F3N2O2/c14-13(15,16)7-1-3-9(17-6-7)12(19)18-10-5-8-2-4-11(10)20-8/h7-11,17H,1-6H2,(H,18,19). The van der Waals surface area contributed by atoms with Crippen molar-refractivity contribution in [3.05, 3.63) is 0 Å². The van der Waals surface area contributed by atoms with E-state index < -0.39 is 18.1 Å². The van der Waals surface area contributed by atoms with Gasteiger partial charge in [-0.1, -0.05) is 0 Å². The van der Waals surface area contributed by atoms with Crippen LogP contribution in [0.1, 0.15) is 32.1 Å². The van der Waals surface area contributed by atoms with Crippen molar-refractivity contribution >= 4 is 5.91 Å². The van der Waals surface area contributed by atoms with E-state index in [-0.39, 0.29) is 43.5 Å². The maximum atomic E-state index is 12.5. The van der Waals surface area contributed by atoms with E-state index in [0.29, 0.717) is 0 Å². The van der Waals surface area contributed by atoms with Gasteiger partial charge in [-0.3, -0.25) is 4.79 Å². The summed E-state index contributed by atoms with van der Waals surface area (Å²) in [5, 5.41) is 5.65. The lowest BCUT2D eigenvalue weighted by Gasteiger charge is -2.31. The lowest BCUT2D eigenvalue weighted by molar-refractivity contribution is -0.180. The lowest BCUT2D eigenvalue weighted by atomic mass is 9.92. The Bertz CT molecular complexity index is 380. The van der Waals surface area contributed by atoms with Crippen LogP contribution in [0.5, 0.6) is 0 Å². The molecule has 0 aromatic carbocycles. The van der Waals surface area contributed by atoms with Crippen LogP contribution in [0.2, 0.25) is 0 Å². The van der Waals surface area contributed by atoms with Gasteiger partial charge in [0.2, 0.25) is 5.91 Å². The molecule has 3 saturated heterocycles. The topological polar surface area (TPSA) is 50.4 Å². The SMILES string of the molecule is O=C(NC1CC2CCC1O2)C1CCC(C(F)(F)F)CN1. The van der Waals surface area contributed by atoms with E-state index >= 15 is 0 Å². The first-order chi connectivity index (χ1) is 9.43. The van der Waals surface area contributed by atoms with Crippen molar-refractivity contribution in [3.63, 3.8) is 0 Å². The van der Waals surface area contributed by atoms with Crippen LogP contribution >= 0.6 is 0 Å². The fourth-order valence-electron chi connectivity index (χ4n) is 3.43. The predicted molar refractivity (Wildman–Crippen MR) is 65.0 cm³/mol. The first-order valence-electron chi connectivity index (χ1n) is 7.19. The van der Waals surface area contributed by atoms with Gasteiger partial charge < -0.3 is 15.4 Å². The van der Waals surface area contributed by atoms with Gasteiger partial charge in [0.1, 0.15) is 0 Å². The molecule has 5 unspecified atom stereocenters. The molecule has 0 aromatic rings. The summed E-state index contributed by atoms with van der Waals surface area (Å²) in [7, 11) is 0. The van der Waals surface area contributed by atoms with E-state index in [2.05, 4.69) is 10.6 Å². The summed E-state index contributed by atoms with van der Waals surface area (Å²) >= 11 is 0. The first-order valence-corrected chi connectivity index (χ1v) is 7.19. The molecule has 3 aliphatic rings. The minimum Gasteiger partial charge on any atom is -0.373 e. The number of halogens is 3. The van der Waals surface area contributed by atoms with Gasteiger partial charge in [-0.2, -0.15) is 13.2 Å². The van der Waals surface area contributed by atoms with E-state index in [1.165, 1.54) is 0 Å². The minimum atomic E-state index is -4.17. The van der Waals surface area contributed by atoms with Crippen LogP contribution in [-0.2, 0) is 9.53 Å². The highest BCUT2D eigenvalue weighted by molar-refractivity contribution is 5.82. The molecule has 5 atom stereocenters. The quantitative estimate of drug-likeness (QED) is 0.808. The molecule has 2 N–H and O–H groups in total. The summed E-state index contributed by atoms with van der Waals surface area (Å²) in [6.07, 6.45) is -0.744. The largest absolute Gasteiger partial charge is 0.393 e. The van der Waals surface area contributed by atoms with Crippen LogP contribution in [0, 0.1) is 5.92 Å². The molecular weight excluding hydrogens is 273 g/mol. The van der Waals surface area contributed by atoms with Gasteiger partial charge in [-0.05, 0) is 32.1 Å². The number of rotatable bonds is 2. The summed E-state index contributed by atoms with van der Waals surface area (Å²) < 4.78 is 43.3. The zero-order valence-electron chi connectivity index (χ0n) is 11.1. The van der Waals surface area contributed by atoms with Crippen molar-refractivity contribution in [2.24, 2.45) is 5.92 Å². The fourth-order valence-corrected chi connectivity index (χ4v) is 3.43. The Morgan fingerprint density at radius 3 is 2.50 bits per heavy atom. The van der Waals surface area contributed by atoms with Gasteiger partial charge in [0, 0.05) is 6.54 Å². The van der Waals surface area contributed by atoms with E-state index in [1.54, 1.807) is 0 Å². The van der Waals surface area contributed by atoms with Gasteiger partial charge in [0.25, 0.3) is 0 Å². The maximum Gasteiger partial charge on any atom is 0.393 e. The van der Waals surface area contributed by atoms with Gasteiger partial charge in [0.15, 0.2) is 0 Å². The molecule has 114 valence electrons.